The number of thioether (sulfide) groups is 1. The van der Waals surface area contributed by atoms with E-state index in [1.54, 1.807) is 11.8 Å². The van der Waals surface area contributed by atoms with E-state index in [0.29, 0.717) is 0 Å². The molecule has 0 aliphatic carbocycles. The Hall–Kier alpha value is -2.79. The monoisotopic (exact) mass is 348 g/mol. The van der Waals surface area contributed by atoms with Crippen molar-refractivity contribution >= 4 is 11.8 Å². The van der Waals surface area contributed by atoms with Gasteiger partial charge in [-0.05, 0) is 0 Å². The fourth-order valence-electron chi connectivity index (χ4n) is 2.50. The Morgan fingerprint density at radius 2 is 1.08 bits per heavy atom. The first kappa shape index (κ1) is 15.7. The van der Waals surface area contributed by atoms with Crippen LogP contribution in [0.4, 0.5) is 0 Å². The van der Waals surface area contributed by atoms with Gasteiger partial charge in [0.25, 0.3) is 0 Å². The van der Waals surface area contributed by atoms with E-state index in [-0.39, 0.29) is 0 Å². The number of aromatic nitrogens is 2. The van der Waals surface area contributed by atoms with Crippen LogP contribution in [0.1, 0.15) is 11.5 Å². The summed E-state index contributed by atoms with van der Waals surface area (Å²) in [6.45, 7) is 0. The summed E-state index contributed by atoms with van der Waals surface area (Å²) in [6.07, 6.45) is 0. The molecular formula is C20H16N2O2S. The second kappa shape index (κ2) is 7.40. The molecule has 2 aromatic carbocycles. The molecule has 0 N–H and O–H groups in total. The Balaban J connectivity index is 1.34. The van der Waals surface area contributed by atoms with Gasteiger partial charge in [0.05, 0.1) is 11.5 Å². The number of hydrogen-bond acceptors (Lipinski definition) is 5. The van der Waals surface area contributed by atoms with Crippen molar-refractivity contribution < 1.29 is 9.05 Å². The summed E-state index contributed by atoms with van der Waals surface area (Å²) in [4.78, 5) is 0. The third-order valence-electron chi connectivity index (χ3n) is 3.75. The minimum absolute atomic E-state index is 0.737. The van der Waals surface area contributed by atoms with Gasteiger partial charge in [0.2, 0.25) is 0 Å². The van der Waals surface area contributed by atoms with Crippen LogP contribution in [0, 0.1) is 0 Å². The molecule has 0 unspecified atom stereocenters. The van der Waals surface area contributed by atoms with Gasteiger partial charge >= 0.3 is 0 Å². The smallest absolute Gasteiger partial charge is 0.147 e. The van der Waals surface area contributed by atoms with Crippen molar-refractivity contribution in [2.75, 3.05) is 0 Å². The molecule has 2 heterocycles. The van der Waals surface area contributed by atoms with Crippen LogP contribution in [-0.4, -0.2) is 10.3 Å². The highest BCUT2D eigenvalue weighted by molar-refractivity contribution is 7.97. The molecule has 2 aromatic heterocycles. The third-order valence-corrected chi connectivity index (χ3v) is 4.72. The summed E-state index contributed by atoms with van der Waals surface area (Å²) in [5, 5.41) is 8.26. The molecular weight excluding hydrogens is 332 g/mol. The minimum atomic E-state index is 0.737. The van der Waals surface area contributed by atoms with Crippen LogP contribution in [0.15, 0.2) is 81.8 Å². The molecule has 124 valence electrons. The Morgan fingerprint density at radius 1 is 0.640 bits per heavy atom. The average molecular weight is 348 g/mol. The second-order valence-electron chi connectivity index (χ2n) is 5.58. The van der Waals surface area contributed by atoms with E-state index in [1.807, 2.05) is 72.8 Å². The fraction of sp³-hybridized carbons (Fsp3) is 0.100. The van der Waals surface area contributed by atoms with Gasteiger partial charge < -0.3 is 9.05 Å². The van der Waals surface area contributed by atoms with E-state index in [1.165, 1.54) is 0 Å². The quantitative estimate of drug-likeness (QED) is 0.465. The molecule has 0 aliphatic rings. The van der Waals surface area contributed by atoms with E-state index >= 15 is 0 Å². The molecule has 0 bridgehead atoms. The maximum Gasteiger partial charge on any atom is 0.147 e. The summed E-state index contributed by atoms with van der Waals surface area (Å²) in [5.41, 5.74) is 3.85. The van der Waals surface area contributed by atoms with Crippen LogP contribution in [0.25, 0.3) is 22.5 Å². The number of nitrogens with zero attached hydrogens (tertiary/aromatic N) is 2. The summed E-state index contributed by atoms with van der Waals surface area (Å²) in [7, 11) is 0. The lowest BCUT2D eigenvalue weighted by molar-refractivity contribution is 0.394. The zero-order valence-electron chi connectivity index (χ0n) is 13.5. The highest BCUT2D eigenvalue weighted by atomic mass is 32.2. The van der Waals surface area contributed by atoms with Crippen LogP contribution in [0.2, 0.25) is 0 Å². The van der Waals surface area contributed by atoms with E-state index < -0.39 is 0 Å². The summed E-state index contributed by atoms with van der Waals surface area (Å²) in [5.74, 6) is 3.18. The lowest BCUT2D eigenvalue weighted by Crippen LogP contribution is -1.79. The molecule has 25 heavy (non-hydrogen) atoms. The van der Waals surface area contributed by atoms with Gasteiger partial charge in [0.1, 0.15) is 22.9 Å². The van der Waals surface area contributed by atoms with E-state index in [0.717, 1.165) is 45.5 Å². The molecule has 5 heteroatoms. The number of hydrogen-bond donors (Lipinski definition) is 0. The van der Waals surface area contributed by atoms with Crippen molar-refractivity contribution in [2.24, 2.45) is 0 Å². The van der Waals surface area contributed by atoms with E-state index in [9.17, 15) is 0 Å². The van der Waals surface area contributed by atoms with Crippen molar-refractivity contribution in [1.29, 1.82) is 0 Å². The first-order valence-corrected chi connectivity index (χ1v) is 9.14. The minimum Gasteiger partial charge on any atom is -0.360 e. The van der Waals surface area contributed by atoms with Gasteiger partial charge in [-0.15, -0.1) is 11.8 Å². The SMILES string of the molecule is c1ccc(-c2cc(CSCc3cc(-c4ccccc4)no3)on2)cc1. The van der Waals surface area contributed by atoms with E-state index in [2.05, 4.69) is 10.3 Å². The Labute approximate surface area is 149 Å². The third kappa shape index (κ3) is 3.83. The molecule has 0 fully saturated rings. The molecule has 0 amide bonds. The zero-order chi connectivity index (χ0) is 16.9. The largest absolute Gasteiger partial charge is 0.360 e. The predicted octanol–water partition coefficient (Wildman–Crippen LogP) is 5.43. The van der Waals surface area contributed by atoms with Gasteiger partial charge in [-0.25, -0.2) is 0 Å². The molecule has 4 rings (SSSR count). The van der Waals surface area contributed by atoms with Crippen molar-refractivity contribution in [3.8, 4) is 22.5 Å². The fourth-order valence-corrected chi connectivity index (χ4v) is 3.28. The number of rotatable bonds is 6. The first-order valence-electron chi connectivity index (χ1n) is 7.98. The summed E-state index contributed by atoms with van der Waals surface area (Å²) in [6, 6.07) is 24.0. The maximum absolute atomic E-state index is 5.41. The standard InChI is InChI=1S/C20H16N2O2S/c1-3-7-15(8-4-1)19-11-17(23-21-19)13-25-14-18-12-20(22-24-18)16-9-5-2-6-10-16/h1-12H,13-14H2. The maximum atomic E-state index is 5.41. The van der Waals surface area contributed by atoms with Crippen LogP contribution in [0.5, 0.6) is 0 Å². The molecule has 0 radical (unpaired) electrons. The lowest BCUT2D eigenvalue weighted by atomic mass is 10.1. The molecule has 0 saturated heterocycles. The van der Waals surface area contributed by atoms with Crippen LogP contribution < -0.4 is 0 Å². The summed E-state index contributed by atoms with van der Waals surface area (Å²) >= 11 is 1.71. The molecule has 0 atom stereocenters. The predicted molar refractivity (Wildman–Crippen MR) is 98.9 cm³/mol. The number of benzene rings is 2. The van der Waals surface area contributed by atoms with Gasteiger partial charge in [0, 0.05) is 23.3 Å². The second-order valence-corrected chi connectivity index (χ2v) is 6.57. The summed E-state index contributed by atoms with van der Waals surface area (Å²) < 4.78 is 10.8. The topological polar surface area (TPSA) is 52.1 Å². The highest BCUT2D eigenvalue weighted by Gasteiger charge is 2.09. The van der Waals surface area contributed by atoms with Gasteiger partial charge in [0.15, 0.2) is 0 Å². The van der Waals surface area contributed by atoms with Crippen molar-refractivity contribution in [2.45, 2.75) is 11.5 Å². The van der Waals surface area contributed by atoms with Crippen molar-refractivity contribution in [3.05, 3.63) is 84.3 Å². The normalized spacial score (nSPS) is 10.9. The zero-order valence-corrected chi connectivity index (χ0v) is 14.3. The lowest BCUT2D eigenvalue weighted by Gasteiger charge is -1.94. The Kier molecular flexibility index (Phi) is 4.65. The van der Waals surface area contributed by atoms with Crippen molar-refractivity contribution in [1.82, 2.24) is 10.3 Å². The average Bonchev–Trinajstić information content (AvgIpc) is 3.33. The highest BCUT2D eigenvalue weighted by Crippen LogP contribution is 2.25. The van der Waals surface area contributed by atoms with E-state index in [4.69, 9.17) is 9.05 Å². The molecule has 0 aliphatic heterocycles. The van der Waals surface area contributed by atoms with Crippen LogP contribution in [-0.2, 0) is 11.5 Å². The molecule has 4 aromatic rings. The van der Waals surface area contributed by atoms with Gasteiger partial charge in [-0.2, -0.15) is 0 Å². The molecule has 4 nitrogen and oxygen atoms in total. The molecule has 0 saturated carbocycles. The van der Waals surface area contributed by atoms with Gasteiger partial charge in [-0.1, -0.05) is 71.0 Å². The first-order chi connectivity index (χ1) is 12.4. The Morgan fingerprint density at radius 3 is 1.52 bits per heavy atom. The van der Waals surface area contributed by atoms with Crippen LogP contribution in [0.3, 0.4) is 0 Å². The van der Waals surface area contributed by atoms with Crippen LogP contribution >= 0.6 is 11.8 Å². The van der Waals surface area contributed by atoms with Crippen molar-refractivity contribution in [3.63, 3.8) is 0 Å². The Bertz CT molecular complexity index is 855. The molecule has 0 spiro atoms. The van der Waals surface area contributed by atoms with Gasteiger partial charge in [-0.3, -0.25) is 0 Å².